The molecule has 19 heavy (non-hydrogen) atoms. The summed E-state index contributed by atoms with van der Waals surface area (Å²) < 4.78 is 18.1. The minimum absolute atomic E-state index is 0. The van der Waals surface area contributed by atoms with Crippen molar-refractivity contribution in [3.63, 3.8) is 0 Å². The van der Waals surface area contributed by atoms with E-state index in [1.807, 2.05) is 20.8 Å². The second kappa shape index (κ2) is 7.08. The molecule has 0 radical (unpaired) electrons. The quantitative estimate of drug-likeness (QED) is 0.896. The second-order valence-corrected chi connectivity index (χ2v) is 5.62. The van der Waals surface area contributed by atoms with Crippen molar-refractivity contribution in [3.8, 4) is 5.75 Å². The lowest BCUT2D eigenvalue weighted by Gasteiger charge is -2.29. The van der Waals surface area contributed by atoms with Crippen LogP contribution in [0.5, 0.6) is 5.75 Å². The van der Waals surface area contributed by atoms with Gasteiger partial charge in [-0.1, -0.05) is 26.8 Å². The number of benzene rings is 1. The van der Waals surface area contributed by atoms with E-state index in [9.17, 15) is 9.50 Å². The van der Waals surface area contributed by atoms with Crippen LogP contribution in [0.1, 0.15) is 38.9 Å². The van der Waals surface area contributed by atoms with E-state index >= 15 is 0 Å². The monoisotopic (exact) mass is 291 g/mol. The summed E-state index contributed by atoms with van der Waals surface area (Å²) in [6.07, 6.45) is -0.285. The first kappa shape index (κ1) is 18.2. The van der Waals surface area contributed by atoms with Gasteiger partial charge in [-0.3, -0.25) is 0 Å². The van der Waals surface area contributed by atoms with Crippen LogP contribution >= 0.6 is 12.4 Å². The summed E-state index contributed by atoms with van der Waals surface area (Å²) >= 11 is 0. The largest absolute Gasteiger partial charge is 0.494 e. The van der Waals surface area contributed by atoms with Crippen LogP contribution in [0.3, 0.4) is 0 Å². The number of methoxy groups -OCH3 is 1. The van der Waals surface area contributed by atoms with Gasteiger partial charge in [-0.25, -0.2) is 4.39 Å². The molecule has 0 heterocycles. The maximum atomic E-state index is 13.3. The van der Waals surface area contributed by atoms with Gasteiger partial charge in [0.2, 0.25) is 0 Å². The van der Waals surface area contributed by atoms with Gasteiger partial charge in [0, 0.05) is 6.04 Å². The van der Waals surface area contributed by atoms with Crippen molar-refractivity contribution in [2.75, 3.05) is 7.11 Å². The van der Waals surface area contributed by atoms with Crippen molar-refractivity contribution >= 4 is 12.4 Å². The molecule has 0 saturated carbocycles. The number of hydrogen-bond acceptors (Lipinski definition) is 3. The first-order chi connectivity index (χ1) is 8.25. The molecule has 0 aliphatic rings. The van der Waals surface area contributed by atoms with Crippen LogP contribution in [0.25, 0.3) is 0 Å². The molecule has 3 nitrogen and oxygen atoms in total. The number of aliphatic hydroxyl groups excluding tert-OH is 1. The van der Waals surface area contributed by atoms with Gasteiger partial charge >= 0.3 is 0 Å². The van der Waals surface area contributed by atoms with Crippen molar-refractivity contribution in [3.05, 3.63) is 29.6 Å². The van der Waals surface area contributed by atoms with E-state index in [1.54, 1.807) is 6.07 Å². The molecule has 0 aliphatic carbocycles. The second-order valence-electron chi connectivity index (χ2n) is 5.62. The molecule has 1 rings (SSSR count). The zero-order chi connectivity index (χ0) is 13.9. The number of hydrogen-bond donors (Lipinski definition) is 2. The number of rotatable bonds is 4. The zero-order valence-corrected chi connectivity index (χ0v) is 12.6. The predicted octanol–water partition coefficient (Wildman–Crippen LogP) is 3.05. The minimum Gasteiger partial charge on any atom is -0.494 e. The highest BCUT2D eigenvalue weighted by Gasteiger charge is 2.24. The Bertz CT molecular complexity index is 407. The normalized spacial score (nSPS) is 14.5. The molecule has 5 heteroatoms. The average Bonchev–Trinajstić information content (AvgIpc) is 2.28. The fourth-order valence-electron chi connectivity index (χ4n) is 1.61. The molecule has 1 aromatic rings. The van der Waals surface area contributed by atoms with E-state index in [0.717, 1.165) is 0 Å². The number of aliphatic hydroxyl groups is 1. The molecule has 0 aromatic heterocycles. The molecule has 0 fully saturated rings. The van der Waals surface area contributed by atoms with Gasteiger partial charge in [0.25, 0.3) is 0 Å². The Kier molecular flexibility index (Phi) is 6.77. The van der Waals surface area contributed by atoms with E-state index in [0.29, 0.717) is 12.0 Å². The highest BCUT2D eigenvalue weighted by atomic mass is 35.5. The Labute approximate surface area is 120 Å². The summed E-state index contributed by atoms with van der Waals surface area (Å²) in [7, 11) is 1.40. The Hall–Kier alpha value is -0.840. The summed E-state index contributed by atoms with van der Waals surface area (Å²) in [6.45, 7) is 6.07. The van der Waals surface area contributed by atoms with Crippen LogP contribution in [0, 0.1) is 11.2 Å². The number of ether oxygens (including phenoxy) is 1. The molecule has 0 saturated heterocycles. The molecule has 3 N–H and O–H groups in total. The van der Waals surface area contributed by atoms with Crippen LogP contribution in [0.4, 0.5) is 4.39 Å². The fraction of sp³-hybridized carbons (Fsp3) is 0.571. The van der Waals surface area contributed by atoms with Crippen LogP contribution in [-0.4, -0.2) is 18.3 Å². The molecule has 0 bridgehead atoms. The van der Waals surface area contributed by atoms with Crippen LogP contribution in [0.2, 0.25) is 0 Å². The van der Waals surface area contributed by atoms with E-state index in [4.69, 9.17) is 10.5 Å². The third kappa shape index (κ3) is 4.97. The molecular weight excluding hydrogens is 269 g/mol. The Morgan fingerprint density at radius 2 is 1.95 bits per heavy atom. The SMILES string of the molecule is COc1cc([C@H](O)C[C@@H](N)C(C)(C)C)ccc1F.Cl. The maximum Gasteiger partial charge on any atom is 0.165 e. The predicted molar refractivity (Wildman–Crippen MR) is 77.2 cm³/mol. The van der Waals surface area contributed by atoms with Crippen molar-refractivity contribution in [1.82, 2.24) is 0 Å². The molecule has 0 unspecified atom stereocenters. The van der Waals surface area contributed by atoms with E-state index in [-0.39, 0.29) is 29.6 Å². The smallest absolute Gasteiger partial charge is 0.165 e. The van der Waals surface area contributed by atoms with Crippen molar-refractivity contribution in [2.45, 2.75) is 39.3 Å². The summed E-state index contributed by atoms with van der Waals surface area (Å²) in [4.78, 5) is 0. The summed E-state index contributed by atoms with van der Waals surface area (Å²) in [5, 5.41) is 10.1. The highest BCUT2D eigenvalue weighted by Crippen LogP contribution is 2.29. The lowest BCUT2D eigenvalue weighted by Crippen LogP contribution is -2.36. The van der Waals surface area contributed by atoms with Gasteiger partial charge in [0.05, 0.1) is 13.2 Å². The molecule has 0 amide bonds. The summed E-state index contributed by atoms with van der Waals surface area (Å²) in [5.74, 6) is -0.301. The molecular formula is C14H23ClFNO2. The minimum atomic E-state index is -0.714. The van der Waals surface area contributed by atoms with Gasteiger partial charge in [0.15, 0.2) is 11.6 Å². The Morgan fingerprint density at radius 1 is 1.37 bits per heavy atom. The molecule has 110 valence electrons. The van der Waals surface area contributed by atoms with Crippen molar-refractivity contribution in [2.24, 2.45) is 11.1 Å². The van der Waals surface area contributed by atoms with Gasteiger partial charge in [-0.2, -0.15) is 0 Å². The third-order valence-corrected chi connectivity index (χ3v) is 3.15. The van der Waals surface area contributed by atoms with E-state index < -0.39 is 11.9 Å². The standard InChI is InChI=1S/C14H22FNO2.ClH/c1-14(2,3)13(16)8-11(17)9-5-6-10(15)12(7-9)18-4;/h5-7,11,13,17H,8,16H2,1-4H3;1H/t11-,13-;/m1./s1. The number of halogens is 2. The van der Waals surface area contributed by atoms with Gasteiger partial charge < -0.3 is 15.6 Å². The number of nitrogens with two attached hydrogens (primary N) is 1. The first-order valence-electron chi connectivity index (χ1n) is 6.02. The maximum absolute atomic E-state index is 13.3. The van der Waals surface area contributed by atoms with E-state index in [2.05, 4.69) is 0 Å². The van der Waals surface area contributed by atoms with E-state index in [1.165, 1.54) is 19.2 Å². The van der Waals surface area contributed by atoms with Crippen LogP contribution in [-0.2, 0) is 0 Å². The molecule has 1 aromatic carbocycles. The topological polar surface area (TPSA) is 55.5 Å². The zero-order valence-electron chi connectivity index (χ0n) is 11.8. The molecule has 2 atom stereocenters. The highest BCUT2D eigenvalue weighted by molar-refractivity contribution is 5.85. The van der Waals surface area contributed by atoms with Crippen molar-refractivity contribution < 1.29 is 14.2 Å². The van der Waals surface area contributed by atoms with Gasteiger partial charge in [-0.15, -0.1) is 12.4 Å². The summed E-state index contributed by atoms with van der Waals surface area (Å²) in [5.41, 5.74) is 6.56. The van der Waals surface area contributed by atoms with Crippen LogP contribution < -0.4 is 10.5 Å². The Balaban J connectivity index is 0.00000324. The third-order valence-electron chi connectivity index (χ3n) is 3.15. The van der Waals surface area contributed by atoms with Crippen molar-refractivity contribution in [1.29, 1.82) is 0 Å². The fourth-order valence-corrected chi connectivity index (χ4v) is 1.61. The van der Waals surface area contributed by atoms with Gasteiger partial charge in [0.1, 0.15) is 0 Å². The lowest BCUT2D eigenvalue weighted by atomic mass is 9.83. The van der Waals surface area contributed by atoms with Crippen LogP contribution in [0.15, 0.2) is 18.2 Å². The van der Waals surface area contributed by atoms with Gasteiger partial charge in [-0.05, 0) is 29.5 Å². The average molecular weight is 292 g/mol. The summed E-state index contributed by atoms with van der Waals surface area (Å²) in [6, 6.07) is 4.22. The molecule has 0 spiro atoms. The first-order valence-corrected chi connectivity index (χ1v) is 6.02. The Morgan fingerprint density at radius 3 is 2.42 bits per heavy atom. The molecule has 0 aliphatic heterocycles. The lowest BCUT2D eigenvalue weighted by molar-refractivity contribution is 0.133.